The maximum atomic E-state index is 11.3. The molecule has 0 N–H and O–H groups in total. The Hall–Kier alpha value is -0.850. The lowest BCUT2D eigenvalue weighted by molar-refractivity contribution is 0.583. The fourth-order valence-electron chi connectivity index (χ4n) is 1.36. The molecule has 16 heavy (non-hydrogen) atoms. The Kier molecular flexibility index (Phi) is 3.05. The summed E-state index contributed by atoms with van der Waals surface area (Å²) in [6.45, 7) is 3.99. The van der Waals surface area contributed by atoms with Gasteiger partial charge < -0.3 is 4.55 Å². The molecule has 0 aliphatic rings. The lowest BCUT2D eigenvalue weighted by atomic mass is 10.2. The number of imidazole rings is 1. The van der Waals surface area contributed by atoms with Crippen molar-refractivity contribution in [2.45, 2.75) is 24.9 Å². The van der Waals surface area contributed by atoms with Crippen LogP contribution in [0.5, 0.6) is 0 Å². The van der Waals surface area contributed by atoms with Crippen molar-refractivity contribution in [3.63, 3.8) is 0 Å². The molecule has 0 aliphatic carbocycles. The predicted molar refractivity (Wildman–Crippen MR) is 62.2 cm³/mol. The number of hydrogen-bond donors (Lipinski definition) is 0. The van der Waals surface area contributed by atoms with Gasteiger partial charge in [0.05, 0.1) is 6.20 Å². The van der Waals surface area contributed by atoms with Crippen molar-refractivity contribution in [2.24, 2.45) is 0 Å². The fraction of sp³-hybridized carbons (Fsp3) is 0.444. The van der Waals surface area contributed by atoms with E-state index in [1.807, 2.05) is 13.8 Å². The second-order valence-corrected chi connectivity index (χ2v) is 5.34. The van der Waals surface area contributed by atoms with Gasteiger partial charge in [-0.3, -0.25) is 0 Å². The molecule has 0 bridgehead atoms. The largest absolute Gasteiger partial charge is 0.609 e. The van der Waals surface area contributed by atoms with E-state index in [0.29, 0.717) is 10.7 Å². The Bertz CT molecular complexity index is 525. The smallest absolute Gasteiger partial charge is 0.359 e. The Morgan fingerprint density at radius 2 is 2.19 bits per heavy atom. The third kappa shape index (κ3) is 1.88. The van der Waals surface area contributed by atoms with Gasteiger partial charge in [0.15, 0.2) is 5.15 Å². The topological polar surface area (TPSA) is 66.1 Å². The van der Waals surface area contributed by atoms with Gasteiger partial charge in [-0.05, 0) is 0 Å². The highest BCUT2D eigenvalue weighted by Gasteiger charge is 2.17. The van der Waals surface area contributed by atoms with E-state index in [-0.39, 0.29) is 11.1 Å². The minimum Gasteiger partial charge on any atom is -0.609 e. The monoisotopic (exact) mass is 258 g/mol. The van der Waals surface area contributed by atoms with Crippen molar-refractivity contribution in [1.82, 2.24) is 19.6 Å². The summed E-state index contributed by atoms with van der Waals surface area (Å²) in [5, 5.41) is 4.83. The van der Waals surface area contributed by atoms with Gasteiger partial charge in [-0.2, -0.15) is 4.98 Å². The molecule has 7 heteroatoms. The SMILES string of the molecule is CC(C)c1nc(Cl)c2cnc([S+](C)[O-])nn12. The number of fused-ring (bicyclic) bond motifs is 1. The molecule has 1 atom stereocenters. The van der Waals surface area contributed by atoms with Gasteiger partial charge in [-0.15, -0.1) is 0 Å². The van der Waals surface area contributed by atoms with Crippen LogP contribution in [0.25, 0.3) is 5.52 Å². The Morgan fingerprint density at radius 1 is 1.50 bits per heavy atom. The summed E-state index contributed by atoms with van der Waals surface area (Å²) < 4.78 is 12.9. The van der Waals surface area contributed by atoms with Gasteiger partial charge in [0, 0.05) is 17.1 Å². The second kappa shape index (κ2) is 4.20. The third-order valence-corrected chi connectivity index (χ3v) is 3.11. The zero-order valence-electron chi connectivity index (χ0n) is 9.14. The maximum absolute atomic E-state index is 11.3. The highest BCUT2D eigenvalue weighted by molar-refractivity contribution is 7.90. The molecular formula is C9H11ClN4OS. The van der Waals surface area contributed by atoms with Gasteiger partial charge in [-0.25, -0.2) is 9.50 Å². The first-order chi connectivity index (χ1) is 7.50. The van der Waals surface area contributed by atoms with Crippen LogP contribution in [0.15, 0.2) is 11.4 Å². The summed E-state index contributed by atoms with van der Waals surface area (Å²) >= 11 is 4.75. The predicted octanol–water partition coefficient (Wildman–Crippen LogP) is 1.64. The van der Waals surface area contributed by atoms with Gasteiger partial charge in [0.25, 0.3) is 0 Å². The summed E-state index contributed by atoms with van der Waals surface area (Å²) in [4.78, 5) is 8.20. The van der Waals surface area contributed by atoms with Crippen LogP contribution >= 0.6 is 11.6 Å². The summed E-state index contributed by atoms with van der Waals surface area (Å²) in [6, 6.07) is 0. The van der Waals surface area contributed by atoms with Gasteiger partial charge in [0.1, 0.15) is 17.6 Å². The molecule has 5 nitrogen and oxygen atoms in total. The fourth-order valence-corrected chi connectivity index (χ4v) is 1.98. The van der Waals surface area contributed by atoms with Crippen molar-refractivity contribution in [2.75, 3.05) is 6.26 Å². The molecule has 0 radical (unpaired) electrons. The number of nitrogens with zero attached hydrogens (tertiary/aromatic N) is 4. The molecule has 2 rings (SSSR count). The quantitative estimate of drug-likeness (QED) is 0.768. The van der Waals surface area contributed by atoms with Crippen LogP contribution in [0.1, 0.15) is 25.6 Å². The van der Waals surface area contributed by atoms with Crippen molar-refractivity contribution in [3.05, 3.63) is 17.2 Å². The molecule has 0 saturated heterocycles. The molecule has 2 aromatic rings. The van der Waals surface area contributed by atoms with E-state index in [2.05, 4.69) is 15.1 Å². The van der Waals surface area contributed by atoms with Crippen molar-refractivity contribution < 1.29 is 4.55 Å². The Morgan fingerprint density at radius 3 is 2.75 bits per heavy atom. The summed E-state index contributed by atoms with van der Waals surface area (Å²) in [5.41, 5.74) is 0.638. The zero-order valence-corrected chi connectivity index (χ0v) is 10.7. The third-order valence-electron chi connectivity index (χ3n) is 2.13. The lowest BCUT2D eigenvalue weighted by Gasteiger charge is -2.04. The van der Waals surface area contributed by atoms with E-state index in [9.17, 15) is 4.55 Å². The summed E-state index contributed by atoms with van der Waals surface area (Å²) in [5.74, 6) is 0.933. The first kappa shape index (κ1) is 11.6. The van der Waals surface area contributed by atoms with Gasteiger partial charge in [-0.1, -0.05) is 30.5 Å². The van der Waals surface area contributed by atoms with Crippen LogP contribution in [0.4, 0.5) is 0 Å². The number of aromatic nitrogens is 4. The molecule has 0 spiro atoms. The first-order valence-electron chi connectivity index (χ1n) is 4.75. The number of hydrogen-bond acceptors (Lipinski definition) is 4. The molecule has 0 saturated carbocycles. The van der Waals surface area contributed by atoms with Crippen LogP contribution in [0.3, 0.4) is 0 Å². The van der Waals surface area contributed by atoms with Crippen molar-refractivity contribution in [1.29, 1.82) is 0 Å². The molecule has 1 unspecified atom stereocenters. The summed E-state index contributed by atoms with van der Waals surface area (Å²) in [7, 11) is 0. The van der Waals surface area contributed by atoms with E-state index in [0.717, 1.165) is 5.82 Å². The molecule has 0 fully saturated rings. The number of rotatable bonds is 2. The van der Waals surface area contributed by atoms with Gasteiger partial charge in [0.2, 0.25) is 0 Å². The van der Waals surface area contributed by atoms with E-state index < -0.39 is 11.2 Å². The van der Waals surface area contributed by atoms with Crippen LogP contribution in [-0.2, 0) is 11.2 Å². The molecular weight excluding hydrogens is 248 g/mol. The standard InChI is InChI=1S/C9H11ClN4OS/c1-5(2)8-12-7(10)6-4-11-9(16(3)15)13-14(6)8/h4-5H,1-3H3. The molecule has 0 aliphatic heterocycles. The molecule has 86 valence electrons. The van der Waals surface area contributed by atoms with E-state index in [4.69, 9.17) is 11.6 Å². The average molecular weight is 259 g/mol. The first-order valence-corrected chi connectivity index (χ1v) is 6.69. The van der Waals surface area contributed by atoms with Crippen molar-refractivity contribution in [3.8, 4) is 0 Å². The molecule has 2 aromatic heterocycles. The maximum Gasteiger partial charge on any atom is 0.359 e. The van der Waals surface area contributed by atoms with Crippen LogP contribution < -0.4 is 0 Å². The van der Waals surface area contributed by atoms with E-state index in [1.165, 1.54) is 6.26 Å². The Labute approximate surface area is 101 Å². The van der Waals surface area contributed by atoms with E-state index >= 15 is 0 Å². The Balaban J connectivity index is 2.69. The van der Waals surface area contributed by atoms with Crippen molar-refractivity contribution >= 4 is 28.3 Å². The average Bonchev–Trinajstić information content (AvgIpc) is 2.56. The molecule has 0 amide bonds. The minimum atomic E-state index is -1.21. The highest BCUT2D eigenvalue weighted by atomic mass is 35.5. The van der Waals surface area contributed by atoms with Crippen LogP contribution in [0, 0.1) is 0 Å². The second-order valence-electron chi connectivity index (χ2n) is 3.71. The minimum absolute atomic E-state index is 0.188. The zero-order chi connectivity index (χ0) is 11.9. The lowest BCUT2D eigenvalue weighted by Crippen LogP contribution is -2.09. The van der Waals surface area contributed by atoms with Gasteiger partial charge >= 0.3 is 5.16 Å². The normalized spacial score (nSPS) is 13.6. The highest BCUT2D eigenvalue weighted by Crippen LogP contribution is 2.21. The van der Waals surface area contributed by atoms with Crippen LogP contribution in [0.2, 0.25) is 5.15 Å². The summed E-state index contributed by atoms with van der Waals surface area (Å²) in [6.07, 6.45) is 3.08. The van der Waals surface area contributed by atoms with Crippen LogP contribution in [-0.4, -0.2) is 30.4 Å². The molecule has 0 aromatic carbocycles. The molecule has 2 heterocycles. The number of halogens is 1. The van der Waals surface area contributed by atoms with E-state index in [1.54, 1.807) is 10.7 Å².